The van der Waals surface area contributed by atoms with Crippen LogP contribution < -0.4 is 10.6 Å². The zero-order valence-electron chi connectivity index (χ0n) is 29.2. The van der Waals surface area contributed by atoms with E-state index in [2.05, 4.69) is 162 Å². The summed E-state index contributed by atoms with van der Waals surface area (Å²) in [5.74, 6) is 0.861. The van der Waals surface area contributed by atoms with Gasteiger partial charge in [-0.15, -0.1) is 0 Å². The highest BCUT2D eigenvalue weighted by atomic mass is 16.3. The lowest BCUT2D eigenvalue weighted by Gasteiger charge is -2.32. The van der Waals surface area contributed by atoms with Crippen LogP contribution in [-0.4, -0.2) is 5.84 Å². The van der Waals surface area contributed by atoms with Crippen molar-refractivity contribution in [3.05, 3.63) is 193 Å². The average molecular weight is 696 g/mol. The molecule has 2 N–H and O–H groups in total. The van der Waals surface area contributed by atoms with Crippen molar-refractivity contribution in [2.45, 2.75) is 12.3 Å². The maximum atomic E-state index is 6.90. The van der Waals surface area contributed by atoms with Crippen molar-refractivity contribution in [3.63, 3.8) is 0 Å². The molecule has 256 valence electrons. The molecule has 1 aliphatic rings. The summed E-state index contributed by atoms with van der Waals surface area (Å²) in [6, 6.07) is 61.5. The van der Waals surface area contributed by atoms with Gasteiger partial charge in [-0.2, -0.15) is 0 Å². The van der Waals surface area contributed by atoms with Crippen LogP contribution in [0.4, 0.5) is 0 Å². The molecule has 0 aliphatic carbocycles. The highest BCUT2D eigenvalue weighted by Gasteiger charge is 2.26. The minimum Gasteiger partial charge on any atom is -0.456 e. The molecule has 3 heterocycles. The van der Waals surface area contributed by atoms with Gasteiger partial charge in [0.1, 0.15) is 40.5 Å². The number of hydrogen-bond donors (Lipinski definition) is 2. The van der Waals surface area contributed by atoms with Crippen LogP contribution in [0.2, 0.25) is 0 Å². The number of furan rings is 2. The van der Waals surface area contributed by atoms with Gasteiger partial charge in [0.15, 0.2) is 0 Å². The molecule has 0 saturated heterocycles. The van der Waals surface area contributed by atoms with E-state index in [4.69, 9.17) is 13.8 Å². The lowest BCUT2D eigenvalue weighted by Crippen LogP contribution is -2.44. The SMILES string of the molecule is c1ccc(C2=NC(c3cccc(-c4cccc5c4oc4c(-c6ccc7c(c6)oc6ccc8ccccc8c67)cccc45)c3)NC(c3ccccc3)N2)cc1. The second kappa shape index (κ2) is 12.3. The number of nitrogens with zero attached hydrogens (tertiary/aromatic N) is 1. The van der Waals surface area contributed by atoms with Gasteiger partial charge in [0.05, 0.1) is 0 Å². The molecule has 2 aromatic heterocycles. The molecule has 0 fully saturated rings. The molecular formula is C49H33N3O2. The van der Waals surface area contributed by atoms with Crippen LogP contribution in [-0.2, 0) is 0 Å². The zero-order chi connectivity index (χ0) is 35.6. The fourth-order valence-electron chi connectivity index (χ4n) is 8.15. The molecule has 54 heavy (non-hydrogen) atoms. The van der Waals surface area contributed by atoms with Crippen molar-refractivity contribution in [3.8, 4) is 22.3 Å². The quantitative estimate of drug-likeness (QED) is 0.188. The van der Waals surface area contributed by atoms with Crippen molar-refractivity contribution in [1.29, 1.82) is 0 Å². The third-order valence-electron chi connectivity index (χ3n) is 10.8. The fourth-order valence-corrected chi connectivity index (χ4v) is 8.15. The van der Waals surface area contributed by atoms with E-state index in [9.17, 15) is 0 Å². The second-order valence-corrected chi connectivity index (χ2v) is 14.0. The van der Waals surface area contributed by atoms with Crippen LogP contribution in [0.15, 0.2) is 190 Å². The highest BCUT2D eigenvalue weighted by molar-refractivity contribution is 6.19. The van der Waals surface area contributed by atoms with Gasteiger partial charge in [-0.3, -0.25) is 5.32 Å². The third kappa shape index (κ3) is 5.01. The molecule has 5 nitrogen and oxygen atoms in total. The number of benzene rings is 8. The second-order valence-electron chi connectivity index (χ2n) is 14.0. The molecule has 1 aliphatic heterocycles. The van der Waals surface area contributed by atoms with E-state index in [0.29, 0.717) is 0 Å². The predicted molar refractivity (Wildman–Crippen MR) is 221 cm³/mol. The minimum atomic E-state index is -0.265. The zero-order valence-corrected chi connectivity index (χ0v) is 29.2. The largest absolute Gasteiger partial charge is 0.456 e. The van der Waals surface area contributed by atoms with E-state index in [-0.39, 0.29) is 12.3 Å². The number of para-hydroxylation sites is 2. The Hall–Kier alpha value is -6.95. The Labute approximate surface area is 311 Å². The summed E-state index contributed by atoms with van der Waals surface area (Å²) in [6.45, 7) is 0. The summed E-state index contributed by atoms with van der Waals surface area (Å²) < 4.78 is 13.3. The molecule has 0 spiro atoms. The van der Waals surface area contributed by atoms with Gasteiger partial charge in [-0.1, -0.05) is 152 Å². The Kier molecular flexibility index (Phi) is 7.00. The Morgan fingerprint density at radius 2 is 1.09 bits per heavy atom. The van der Waals surface area contributed by atoms with Gasteiger partial charge in [0, 0.05) is 38.2 Å². The first-order valence-corrected chi connectivity index (χ1v) is 18.3. The van der Waals surface area contributed by atoms with Crippen molar-refractivity contribution in [2.75, 3.05) is 0 Å². The lowest BCUT2D eigenvalue weighted by molar-refractivity contribution is 0.409. The van der Waals surface area contributed by atoms with Gasteiger partial charge in [-0.05, 0) is 57.3 Å². The number of fused-ring (bicyclic) bond motifs is 8. The molecule has 0 bridgehead atoms. The van der Waals surface area contributed by atoms with E-state index >= 15 is 0 Å². The molecular weight excluding hydrogens is 663 g/mol. The van der Waals surface area contributed by atoms with Gasteiger partial charge >= 0.3 is 0 Å². The molecule has 2 atom stereocenters. The standard InChI is InChI=1S/C49H33N3O2/c1-3-13-31(14-4-1)47-50-48(32-15-5-2-6-16-32)52-49(51-47)35-18-9-17-33(28-35)37-20-10-22-39-40-23-11-21-38(46(40)54-45(37)39)34-24-26-41-43(29-34)53-42-27-25-30-12-7-8-19-36(30)44(41)42/h1-29,47,49,51H,(H,50,52). The van der Waals surface area contributed by atoms with Crippen molar-refractivity contribution in [1.82, 2.24) is 10.6 Å². The maximum absolute atomic E-state index is 6.90. The Balaban J connectivity index is 1.01. The molecule has 0 saturated carbocycles. The summed E-state index contributed by atoms with van der Waals surface area (Å²) in [5.41, 5.74) is 11.0. The van der Waals surface area contributed by atoms with Crippen molar-refractivity contribution in [2.24, 2.45) is 4.99 Å². The number of rotatable bonds is 5. The van der Waals surface area contributed by atoms with Gasteiger partial charge in [0.2, 0.25) is 0 Å². The topological polar surface area (TPSA) is 62.7 Å². The molecule has 11 rings (SSSR count). The van der Waals surface area contributed by atoms with Gasteiger partial charge < -0.3 is 14.2 Å². The first-order valence-electron chi connectivity index (χ1n) is 18.3. The van der Waals surface area contributed by atoms with Crippen LogP contribution in [0.3, 0.4) is 0 Å². The Bertz CT molecular complexity index is 3070. The molecule has 8 aromatic carbocycles. The third-order valence-corrected chi connectivity index (χ3v) is 10.8. The average Bonchev–Trinajstić information content (AvgIpc) is 3.83. The Morgan fingerprint density at radius 1 is 0.444 bits per heavy atom. The molecule has 0 radical (unpaired) electrons. The van der Waals surface area contributed by atoms with Crippen LogP contribution in [0, 0.1) is 0 Å². The van der Waals surface area contributed by atoms with Gasteiger partial charge in [-0.25, -0.2) is 4.99 Å². The minimum absolute atomic E-state index is 0.108. The first kappa shape index (κ1) is 30.7. The van der Waals surface area contributed by atoms with E-state index in [1.54, 1.807) is 0 Å². The van der Waals surface area contributed by atoms with Crippen LogP contribution in [0.25, 0.3) is 76.9 Å². The molecule has 10 aromatic rings. The van der Waals surface area contributed by atoms with Crippen LogP contribution >= 0.6 is 0 Å². The number of amidine groups is 1. The normalized spacial score (nSPS) is 16.0. The first-order chi connectivity index (χ1) is 26.7. The Morgan fingerprint density at radius 3 is 1.89 bits per heavy atom. The maximum Gasteiger partial charge on any atom is 0.143 e. The molecule has 5 heteroatoms. The van der Waals surface area contributed by atoms with Crippen LogP contribution in [0.5, 0.6) is 0 Å². The van der Waals surface area contributed by atoms with Crippen LogP contribution in [0.1, 0.15) is 29.0 Å². The lowest BCUT2D eigenvalue weighted by atomic mass is 9.98. The number of nitrogens with one attached hydrogen (secondary N) is 2. The number of hydrogen-bond acceptors (Lipinski definition) is 5. The van der Waals surface area contributed by atoms with Gasteiger partial charge in [0.25, 0.3) is 0 Å². The highest BCUT2D eigenvalue weighted by Crippen LogP contribution is 2.42. The molecule has 2 unspecified atom stereocenters. The summed E-state index contributed by atoms with van der Waals surface area (Å²) in [4.78, 5) is 5.19. The molecule has 0 amide bonds. The number of aliphatic imine (C=N–C) groups is 1. The monoisotopic (exact) mass is 695 g/mol. The van der Waals surface area contributed by atoms with E-state index in [1.165, 1.54) is 10.8 Å². The summed E-state index contributed by atoms with van der Waals surface area (Å²) in [7, 11) is 0. The van der Waals surface area contributed by atoms with Crippen molar-refractivity contribution < 1.29 is 8.83 Å². The van der Waals surface area contributed by atoms with E-state index < -0.39 is 0 Å². The summed E-state index contributed by atoms with van der Waals surface area (Å²) >= 11 is 0. The van der Waals surface area contributed by atoms with E-state index in [1.807, 2.05) is 24.3 Å². The fraction of sp³-hybridized carbons (Fsp3) is 0.0408. The van der Waals surface area contributed by atoms with E-state index in [0.717, 1.165) is 88.7 Å². The summed E-state index contributed by atoms with van der Waals surface area (Å²) in [5, 5.41) is 14.2. The smallest absolute Gasteiger partial charge is 0.143 e. The predicted octanol–water partition coefficient (Wildman–Crippen LogP) is 12.3. The summed E-state index contributed by atoms with van der Waals surface area (Å²) in [6.07, 6.45) is -0.373. The van der Waals surface area contributed by atoms with Crippen molar-refractivity contribution >= 4 is 60.5 Å².